The molecule has 1 N–H and O–H groups in total. The lowest BCUT2D eigenvalue weighted by Gasteiger charge is -2.26. The van der Waals surface area contributed by atoms with Crippen LogP contribution < -0.4 is 14.8 Å². The normalized spacial score (nSPS) is 25.8. The van der Waals surface area contributed by atoms with Crippen molar-refractivity contribution in [2.24, 2.45) is 5.92 Å². The van der Waals surface area contributed by atoms with Gasteiger partial charge in [-0.25, -0.2) is 8.42 Å². The highest BCUT2D eigenvalue weighted by Gasteiger charge is 2.36. The highest BCUT2D eigenvalue weighted by atomic mass is 32.2. The van der Waals surface area contributed by atoms with E-state index in [9.17, 15) is 13.2 Å². The van der Waals surface area contributed by atoms with Crippen molar-refractivity contribution in [3.8, 4) is 11.5 Å². The van der Waals surface area contributed by atoms with Gasteiger partial charge in [0.1, 0.15) is 13.2 Å². The second kappa shape index (κ2) is 7.10. The quantitative estimate of drug-likeness (QED) is 0.866. The third-order valence-corrected chi connectivity index (χ3v) is 7.43. The standard InChI is InChI=1S/C19H25NO5S/c21-19(20-15-7-10-26(22,23)12-15)18(13-3-1-2-4-13)14-5-6-16-17(11-14)25-9-8-24-16/h5-6,11,13,15,18H,1-4,7-10,12H2,(H,20,21). The molecule has 0 radical (unpaired) electrons. The van der Waals surface area contributed by atoms with E-state index in [0.717, 1.165) is 31.2 Å². The van der Waals surface area contributed by atoms with Crippen LogP contribution in [0.2, 0.25) is 0 Å². The molecule has 2 unspecified atom stereocenters. The van der Waals surface area contributed by atoms with Crippen LogP contribution in [0.1, 0.15) is 43.6 Å². The van der Waals surface area contributed by atoms with Crippen LogP contribution >= 0.6 is 0 Å². The fourth-order valence-corrected chi connectivity index (χ4v) is 6.05. The lowest BCUT2D eigenvalue weighted by atomic mass is 9.83. The Kier molecular flexibility index (Phi) is 4.82. The second-order valence-electron chi connectivity index (χ2n) is 7.53. The minimum absolute atomic E-state index is 0.0528. The molecule has 0 bridgehead atoms. The average Bonchev–Trinajstić information content (AvgIpc) is 3.25. The van der Waals surface area contributed by atoms with Gasteiger partial charge in [-0.2, -0.15) is 0 Å². The van der Waals surface area contributed by atoms with Crippen LogP contribution in [0.5, 0.6) is 11.5 Å². The molecule has 0 aromatic heterocycles. The first kappa shape index (κ1) is 17.6. The van der Waals surface area contributed by atoms with Crippen molar-refractivity contribution in [1.82, 2.24) is 5.32 Å². The Labute approximate surface area is 154 Å². The number of hydrogen-bond acceptors (Lipinski definition) is 5. The molecular formula is C19H25NO5S. The minimum atomic E-state index is -3.01. The predicted octanol–water partition coefficient (Wildman–Crippen LogP) is 2.03. The number of fused-ring (bicyclic) bond motifs is 1. The summed E-state index contributed by atoms with van der Waals surface area (Å²) < 4.78 is 34.7. The first-order valence-electron chi connectivity index (χ1n) is 9.42. The van der Waals surface area contributed by atoms with Crippen molar-refractivity contribution in [2.75, 3.05) is 24.7 Å². The van der Waals surface area contributed by atoms with Gasteiger partial charge in [-0.3, -0.25) is 4.79 Å². The maximum Gasteiger partial charge on any atom is 0.228 e. The van der Waals surface area contributed by atoms with Crippen LogP contribution in [0.25, 0.3) is 0 Å². The Balaban J connectivity index is 1.57. The lowest BCUT2D eigenvalue weighted by molar-refractivity contribution is -0.124. The molecule has 1 saturated heterocycles. The molecule has 6 nitrogen and oxygen atoms in total. The second-order valence-corrected chi connectivity index (χ2v) is 9.76. The van der Waals surface area contributed by atoms with Crippen molar-refractivity contribution >= 4 is 15.7 Å². The summed E-state index contributed by atoms with van der Waals surface area (Å²) in [4.78, 5) is 13.1. The lowest BCUT2D eigenvalue weighted by Crippen LogP contribution is -2.40. The van der Waals surface area contributed by atoms with Gasteiger partial charge >= 0.3 is 0 Å². The summed E-state index contributed by atoms with van der Waals surface area (Å²) in [6.07, 6.45) is 4.82. The predicted molar refractivity (Wildman–Crippen MR) is 97.3 cm³/mol. The number of hydrogen-bond donors (Lipinski definition) is 1. The first-order chi connectivity index (χ1) is 12.5. The van der Waals surface area contributed by atoms with Gasteiger partial charge in [-0.1, -0.05) is 18.9 Å². The molecule has 2 atom stereocenters. The Morgan fingerprint density at radius 3 is 2.50 bits per heavy atom. The molecule has 2 aliphatic heterocycles. The molecule has 1 aliphatic carbocycles. The highest BCUT2D eigenvalue weighted by Crippen LogP contribution is 2.41. The van der Waals surface area contributed by atoms with E-state index in [-0.39, 0.29) is 35.3 Å². The van der Waals surface area contributed by atoms with E-state index in [2.05, 4.69) is 5.32 Å². The molecule has 1 aromatic carbocycles. The summed E-state index contributed by atoms with van der Waals surface area (Å²) in [5, 5.41) is 3.00. The molecule has 4 rings (SSSR count). The van der Waals surface area contributed by atoms with E-state index >= 15 is 0 Å². The molecule has 2 fully saturated rings. The van der Waals surface area contributed by atoms with E-state index in [1.165, 1.54) is 0 Å². The van der Waals surface area contributed by atoms with E-state index in [0.29, 0.717) is 31.1 Å². The number of rotatable bonds is 4. The van der Waals surface area contributed by atoms with Gasteiger partial charge in [0.05, 0.1) is 17.4 Å². The maximum absolute atomic E-state index is 13.1. The summed E-state index contributed by atoms with van der Waals surface area (Å²) in [6, 6.07) is 5.47. The van der Waals surface area contributed by atoms with Crippen LogP contribution in [0.3, 0.4) is 0 Å². The minimum Gasteiger partial charge on any atom is -0.486 e. The number of carbonyl (C=O) groups is 1. The summed E-state index contributed by atoms with van der Waals surface area (Å²) in [5.74, 6) is 1.58. The average molecular weight is 379 g/mol. The SMILES string of the molecule is O=C(NC1CCS(=O)(=O)C1)C(c1ccc2c(c1)OCCO2)C1CCCC1. The van der Waals surface area contributed by atoms with Gasteiger partial charge in [0.25, 0.3) is 0 Å². The van der Waals surface area contributed by atoms with Crippen LogP contribution in [-0.2, 0) is 14.6 Å². The molecule has 1 amide bonds. The molecule has 26 heavy (non-hydrogen) atoms. The Morgan fingerprint density at radius 2 is 1.81 bits per heavy atom. The summed E-state index contributed by atoms with van der Waals surface area (Å²) in [5.41, 5.74) is 0.930. The van der Waals surface area contributed by atoms with Crippen molar-refractivity contribution in [3.63, 3.8) is 0 Å². The first-order valence-corrected chi connectivity index (χ1v) is 11.2. The van der Waals surface area contributed by atoms with Crippen LogP contribution in [0, 0.1) is 5.92 Å². The van der Waals surface area contributed by atoms with Gasteiger partial charge in [-0.15, -0.1) is 0 Å². The molecule has 0 spiro atoms. The maximum atomic E-state index is 13.1. The van der Waals surface area contributed by atoms with Crippen molar-refractivity contribution < 1.29 is 22.7 Å². The largest absolute Gasteiger partial charge is 0.486 e. The third-order valence-electron chi connectivity index (χ3n) is 5.66. The number of benzene rings is 1. The summed E-state index contributed by atoms with van der Waals surface area (Å²) >= 11 is 0. The summed E-state index contributed by atoms with van der Waals surface area (Å²) in [7, 11) is -3.01. The van der Waals surface area contributed by atoms with Gasteiger partial charge < -0.3 is 14.8 Å². The smallest absolute Gasteiger partial charge is 0.228 e. The van der Waals surface area contributed by atoms with Crippen molar-refractivity contribution in [1.29, 1.82) is 0 Å². The zero-order chi connectivity index (χ0) is 18.1. The van der Waals surface area contributed by atoms with E-state index < -0.39 is 9.84 Å². The number of amides is 1. The van der Waals surface area contributed by atoms with E-state index in [1.807, 2.05) is 18.2 Å². The monoisotopic (exact) mass is 379 g/mol. The van der Waals surface area contributed by atoms with Crippen LogP contribution in [0.15, 0.2) is 18.2 Å². The molecule has 1 saturated carbocycles. The molecule has 1 aromatic rings. The van der Waals surface area contributed by atoms with Gasteiger partial charge in [0.2, 0.25) is 5.91 Å². The summed E-state index contributed by atoms with van der Waals surface area (Å²) in [6.45, 7) is 1.05. The molecule has 7 heteroatoms. The van der Waals surface area contributed by atoms with Crippen LogP contribution in [0.4, 0.5) is 0 Å². The number of nitrogens with one attached hydrogen (secondary N) is 1. The van der Waals surface area contributed by atoms with Gasteiger partial charge in [0.15, 0.2) is 21.3 Å². The Morgan fingerprint density at radius 1 is 1.08 bits per heavy atom. The number of ether oxygens (including phenoxy) is 2. The topological polar surface area (TPSA) is 81.7 Å². The molecular weight excluding hydrogens is 354 g/mol. The Hall–Kier alpha value is -1.76. The fourth-order valence-electron chi connectivity index (χ4n) is 4.38. The number of carbonyl (C=O) groups excluding carboxylic acids is 1. The van der Waals surface area contributed by atoms with Crippen LogP contribution in [-0.4, -0.2) is 45.1 Å². The van der Waals surface area contributed by atoms with Crippen molar-refractivity contribution in [2.45, 2.75) is 44.1 Å². The van der Waals surface area contributed by atoms with Gasteiger partial charge in [0, 0.05) is 6.04 Å². The molecule has 3 aliphatic rings. The Bertz CT molecular complexity index is 785. The number of sulfone groups is 1. The highest BCUT2D eigenvalue weighted by molar-refractivity contribution is 7.91. The third kappa shape index (κ3) is 3.68. The van der Waals surface area contributed by atoms with Gasteiger partial charge in [-0.05, 0) is 42.9 Å². The van der Waals surface area contributed by atoms with E-state index in [1.54, 1.807) is 0 Å². The zero-order valence-corrected chi connectivity index (χ0v) is 15.6. The van der Waals surface area contributed by atoms with Crippen molar-refractivity contribution in [3.05, 3.63) is 23.8 Å². The molecule has 142 valence electrons. The van der Waals surface area contributed by atoms with E-state index in [4.69, 9.17) is 9.47 Å². The fraction of sp³-hybridized carbons (Fsp3) is 0.632. The molecule has 2 heterocycles. The zero-order valence-electron chi connectivity index (χ0n) is 14.8.